The molecule has 0 aliphatic heterocycles. The normalized spacial score (nSPS) is 10.8. The predicted octanol–water partition coefficient (Wildman–Crippen LogP) is 2.85. The minimum absolute atomic E-state index is 0.0537. The van der Waals surface area contributed by atoms with Crippen molar-refractivity contribution in [2.45, 2.75) is 6.61 Å². The van der Waals surface area contributed by atoms with E-state index in [1.165, 1.54) is 0 Å². The van der Waals surface area contributed by atoms with Crippen molar-refractivity contribution < 1.29 is 14.6 Å². The molecule has 3 aromatic rings. The zero-order chi connectivity index (χ0) is 15.7. The van der Waals surface area contributed by atoms with E-state index in [0.717, 1.165) is 0 Å². The lowest BCUT2D eigenvalue weighted by atomic mass is 10.3. The number of aromatic nitrogens is 2. The minimum atomic E-state index is -1.11. The van der Waals surface area contributed by atoms with Crippen molar-refractivity contribution in [2.75, 3.05) is 5.73 Å². The molecule has 6 nitrogen and oxygen atoms in total. The number of ether oxygens (including phenoxy) is 1. The number of hydrogen-bond acceptors (Lipinski definition) is 4. The molecule has 0 radical (unpaired) electrons. The van der Waals surface area contributed by atoms with Crippen LogP contribution in [0.4, 0.5) is 5.69 Å². The summed E-state index contributed by atoms with van der Waals surface area (Å²) in [6.45, 7) is 0.125. The van der Waals surface area contributed by atoms with Gasteiger partial charge in [-0.05, 0) is 36.4 Å². The Balaban J connectivity index is 1.93. The topological polar surface area (TPSA) is 89.9 Å². The molecule has 2 heterocycles. The summed E-state index contributed by atoms with van der Waals surface area (Å²) >= 11 is 5.81. The molecule has 0 saturated heterocycles. The number of carbonyl (C=O) groups is 1. The minimum Gasteiger partial charge on any atom is -0.486 e. The molecular formula is C15H12ClN3O3. The number of carboxylic acids is 1. The van der Waals surface area contributed by atoms with Gasteiger partial charge < -0.3 is 15.6 Å². The van der Waals surface area contributed by atoms with Gasteiger partial charge in [0.1, 0.15) is 12.4 Å². The number of anilines is 1. The Labute approximate surface area is 130 Å². The summed E-state index contributed by atoms with van der Waals surface area (Å²) in [6, 6.07) is 10.1. The molecule has 0 saturated carbocycles. The number of benzene rings is 1. The van der Waals surface area contributed by atoms with Gasteiger partial charge in [-0.25, -0.2) is 9.78 Å². The molecule has 0 spiro atoms. The molecule has 22 heavy (non-hydrogen) atoms. The van der Waals surface area contributed by atoms with Gasteiger partial charge in [-0.1, -0.05) is 11.6 Å². The highest BCUT2D eigenvalue weighted by molar-refractivity contribution is 6.30. The average molecular weight is 318 g/mol. The first kappa shape index (κ1) is 14.2. The van der Waals surface area contributed by atoms with E-state index < -0.39 is 5.97 Å². The highest BCUT2D eigenvalue weighted by Gasteiger charge is 2.17. The van der Waals surface area contributed by atoms with Gasteiger partial charge in [0.25, 0.3) is 0 Å². The summed E-state index contributed by atoms with van der Waals surface area (Å²) in [5.74, 6) is -0.0170. The Hall–Kier alpha value is -2.73. The molecule has 7 heteroatoms. The molecule has 0 bridgehead atoms. The van der Waals surface area contributed by atoms with Crippen LogP contribution >= 0.6 is 11.6 Å². The van der Waals surface area contributed by atoms with Crippen molar-refractivity contribution in [2.24, 2.45) is 0 Å². The van der Waals surface area contributed by atoms with E-state index in [2.05, 4.69) is 4.98 Å². The molecule has 0 unspecified atom stereocenters. The van der Waals surface area contributed by atoms with Gasteiger partial charge in [0.05, 0.1) is 5.52 Å². The Bertz CT molecular complexity index is 843. The number of carboxylic acid groups (broad SMARTS) is 1. The number of nitrogen functional groups attached to an aromatic ring is 1. The number of fused-ring (bicyclic) bond motifs is 1. The summed E-state index contributed by atoms with van der Waals surface area (Å²) in [5.41, 5.74) is 6.55. The number of nitrogens with two attached hydrogens (primary N) is 1. The summed E-state index contributed by atoms with van der Waals surface area (Å²) in [6.07, 6.45) is 1.67. The van der Waals surface area contributed by atoms with Gasteiger partial charge in [-0.3, -0.25) is 4.40 Å². The van der Waals surface area contributed by atoms with Crippen molar-refractivity contribution >= 4 is 28.8 Å². The third-order valence-corrected chi connectivity index (χ3v) is 3.38. The average Bonchev–Trinajstić information content (AvgIpc) is 2.85. The molecule has 0 aliphatic rings. The summed E-state index contributed by atoms with van der Waals surface area (Å²) < 4.78 is 7.26. The molecule has 0 amide bonds. The maximum Gasteiger partial charge on any atom is 0.356 e. The smallest absolute Gasteiger partial charge is 0.356 e. The van der Waals surface area contributed by atoms with Crippen LogP contribution in [-0.4, -0.2) is 20.5 Å². The number of aromatic carboxylic acids is 1. The fraction of sp³-hybridized carbons (Fsp3) is 0.0667. The predicted molar refractivity (Wildman–Crippen MR) is 82.3 cm³/mol. The molecule has 1 aromatic carbocycles. The Kier molecular flexibility index (Phi) is 3.60. The third kappa shape index (κ3) is 2.68. The van der Waals surface area contributed by atoms with Crippen molar-refractivity contribution in [1.82, 2.24) is 9.38 Å². The largest absolute Gasteiger partial charge is 0.486 e. The second-order valence-electron chi connectivity index (χ2n) is 4.64. The monoisotopic (exact) mass is 317 g/mol. The quantitative estimate of drug-likeness (QED) is 0.772. The maximum absolute atomic E-state index is 11.3. The Morgan fingerprint density at radius 2 is 2.05 bits per heavy atom. The van der Waals surface area contributed by atoms with Gasteiger partial charge in [0.15, 0.2) is 11.5 Å². The van der Waals surface area contributed by atoms with Crippen LogP contribution in [0.2, 0.25) is 5.02 Å². The lowest BCUT2D eigenvalue weighted by Crippen LogP contribution is -2.01. The van der Waals surface area contributed by atoms with Crippen LogP contribution in [0.25, 0.3) is 5.52 Å². The first-order valence-electron chi connectivity index (χ1n) is 6.43. The molecule has 2 aromatic heterocycles. The zero-order valence-corrected chi connectivity index (χ0v) is 12.1. The van der Waals surface area contributed by atoms with Crippen LogP contribution in [0.5, 0.6) is 5.75 Å². The number of hydrogen-bond donors (Lipinski definition) is 2. The number of imidazole rings is 1. The lowest BCUT2D eigenvalue weighted by Gasteiger charge is -2.05. The molecule has 3 N–H and O–H groups in total. The van der Waals surface area contributed by atoms with E-state index in [1.54, 1.807) is 47.0 Å². The van der Waals surface area contributed by atoms with Crippen LogP contribution in [0.15, 0.2) is 42.6 Å². The number of nitrogens with zero attached hydrogens (tertiary/aromatic N) is 2. The molecule has 0 atom stereocenters. The first-order valence-corrected chi connectivity index (χ1v) is 6.80. The van der Waals surface area contributed by atoms with E-state index in [4.69, 9.17) is 22.1 Å². The fourth-order valence-electron chi connectivity index (χ4n) is 2.10. The van der Waals surface area contributed by atoms with Crippen molar-refractivity contribution in [3.05, 3.63) is 59.1 Å². The first-order chi connectivity index (χ1) is 10.5. The molecule has 0 aliphatic carbocycles. The second-order valence-corrected chi connectivity index (χ2v) is 5.08. The second kappa shape index (κ2) is 5.57. The number of pyridine rings is 1. The van der Waals surface area contributed by atoms with Gasteiger partial charge in [0.2, 0.25) is 0 Å². The maximum atomic E-state index is 11.3. The molecular weight excluding hydrogens is 306 g/mol. The Morgan fingerprint density at radius 1 is 1.32 bits per heavy atom. The number of rotatable bonds is 4. The Morgan fingerprint density at radius 3 is 2.73 bits per heavy atom. The van der Waals surface area contributed by atoms with Gasteiger partial charge in [-0.15, -0.1) is 0 Å². The van der Waals surface area contributed by atoms with Crippen LogP contribution < -0.4 is 10.5 Å². The van der Waals surface area contributed by atoms with Crippen LogP contribution in [0.3, 0.4) is 0 Å². The van der Waals surface area contributed by atoms with Crippen molar-refractivity contribution in [3.8, 4) is 5.75 Å². The number of halogens is 1. The zero-order valence-electron chi connectivity index (χ0n) is 11.4. The van der Waals surface area contributed by atoms with Gasteiger partial charge in [-0.2, -0.15) is 0 Å². The van der Waals surface area contributed by atoms with E-state index in [-0.39, 0.29) is 12.3 Å². The van der Waals surface area contributed by atoms with Gasteiger partial charge >= 0.3 is 5.97 Å². The summed E-state index contributed by atoms with van der Waals surface area (Å²) in [7, 11) is 0. The SMILES string of the molecule is Nc1ccn2c(COc3ccc(Cl)cc3)nc(C(=O)O)c2c1. The molecule has 3 rings (SSSR count). The van der Waals surface area contributed by atoms with Crippen molar-refractivity contribution in [1.29, 1.82) is 0 Å². The van der Waals surface area contributed by atoms with E-state index in [0.29, 0.717) is 27.8 Å². The standard InChI is InChI=1S/C15H12ClN3O3/c16-9-1-3-11(4-2-9)22-8-13-18-14(15(20)21)12-7-10(17)5-6-19(12)13/h1-7H,8,17H2,(H,20,21). The lowest BCUT2D eigenvalue weighted by molar-refractivity contribution is 0.0693. The highest BCUT2D eigenvalue weighted by atomic mass is 35.5. The van der Waals surface area contributed by atoms with E-state index >= 15 is 0 Å². The summed E-state index contributed by atoms with van der Waals surface area (Å²) in [5, 5.41) is 9.84. The van der Waals surface area contributed by atoms with Crippen LogP contribution in [0.1, 0.15) is 16.3 Å². The third-order valence-electron chi connectivity index (χ3n) is 3.12. The summed E-state index contributed by atoms with van der Waals surface area (Å²) in [4.78, 5) is 15.4. The highest BCUT2D eigenvalue weighted by Crippen LogP contribution is 2.20. The van der Waals surface area contributed by atoms with E-state index in [9.17, 15) is 9.90 Å². The van der Waals surface area contributed by atoms with Crippen LogP contribution in [0, 0.1) is 0 Å². The molecule has 112 valence electrons. The fourth-order valence-corrected chi connectivity index (χ4v) is 2.23. The van der Waals surface area contributed by atoms with Gasteiger partial charge in [0, 0.05) is 16.9 Å². The molecule has 0 fully saturated rings. The van der Waals surface area contributed by atoms with Crippen LogP contribution in [-0.2, 0) is 6.61 Å². The van der Waals surface area contributed by atoms with E-state index in [1.807, 2.05) is 0 Å². The van der Waals surface area contributed by atoms with Crippen molar-refractivity contribution in [3.63, 3.8) is 0 Å².